The molecule has 2 unspecified atom stereocenters. The first-order valence-corrected chi connectivity index (χ1v) is 12.3. The normalized spacial score (nSPS) is 19.5. The van der Waals surface area contributed by atoms with Crippen LogP contribution in [0.4, 0.5) is 0 Å². The zero-order valence-corrected chi connectivity index (χ0v) is 18.1. The van der Waals surface area contributed by atoms with Crippen LogP contribution in [0.15, 0.2) is 48.5 Å². The first-order chi connectivity index (χ1) is 14.3. The largest absolute Gasteiger partial charge is 0.481 e. The van der Waals surface area contributed by atoms with Crippen LogP contribution in [-0.2, 0) is 27.7 Å². The highest BCUT2D eigenvalue weighted by Gasteiger charge is 2.27. The molecule has 3 rings (SSSR count). The van der Waals surface area contributed by atoms with E-state index in [0.29, 0.717) is 6.42 Å². The molecule has 2 aromatic rings. The fraction of sp³-hybridized carbons (Fsp3) is 0.435. The lowest BCUT2D eigenvalue weighted by atomic mass is 9.91. The van der Waals surface area contributed by atoms with Gasteiger partial charge in [-0.15, -0.1) is 0 Å². The maximum absolute atomic E-state index is 11.7. The smallest absolute Gasteiger partial charge is 0.303 e. The molecule has 0 aromatic heterocycles. The van der Waals surface area contributed by atoms with E-state index >= 15 is 0 Å². The highest BCUT2D eigenvalue weighted by molar-refractivity contribution is 7.88. The second kappa shape index (κ2) is 10.2. The summed E-state index contributed by atoms with van der Waals surface area (Å²) in [4.78, 5) is 10.8. The van der Waals surface area contributed by atoms with Gasteiger partial charge in [0, 0.05) is 18.5 Å². The number of carboxylic acid groups (broad SMARTS) is 1. The quantitative estimate of drug-likeness (QED) is 0.568. The Morgan fingerprint density at radius 3 is 2.77 bits per heavy atom. The van der Waals surface area contributed by atoms with Crippen molar-refractivity contribution >= 4 is 16.0 Å². The third kappa shape index (κ3) is 6.65. The predicted octanol–water partition coefficient (Wildman–Crippen LogP) is 2.97. The van der Waals surface area contributed by atoms with Gasteiger partial charge < -0.3 is 10.4 Å². The first kappa shape index (κ1) is 22.5. The molecule has 7 heteroatoms. The van der Waals surface area contributed by atoms with Crippen molar-refractivity contribution in [3.8, 4) is 11.1 Å². The minimum absolute atomic E-state index is 0.0505. The molecule has 0 saturated carbocycles. The number of nitrogens with one attached hydrogen (secondary N) is 2. The summed E-state index contributed by atoms with van der Waals surface area (Å²) in [7, 11) is -3.25. The van der Waals surface area contributed by atoms with Gasteiger partial charge in [0.1, 0.15) is 0 Å². The van der Waals surface area contributed by atoms with Gasteiger partial charge in [0.15, 0.2) is 0 Å². The summed E-state index contributed by atoms with van der Waals surface area (Å²) in [6, 6.07) is 16.4. The molecule has 2 atom stereocenters. The number of sulfonamides is 1. The molecule has 3 N–H and O–H groups in total. The molecule has 162 valence electrons. The maximum atomic E-state index is 11.7. The molecule has 0 bridgehead atoms. The van der Waals surface area contributed by atoms with Crippen LogP contribution in [0.3, 0.4) is 0 Å². The van der Waals surface area contributed by atoms with Crippen molar-refractivity contribution in [2.45, 2.75) is 50.6 Å². The molecule has 0 amide bonds. The van der Waals surface area contributed by atoms with E-state index in [1.807, 2.05) is 18.2 Å². The number of piperidine rings is 1. The Hall–Kier alpha value is -2.22. The van der Waals surface area contributed by atoms with E-state index in [1.54, 1.807) is 0 Å². The van der Waals surface area contributed by atoms with Crippen LogP contribution in [0.2, 0.25) is 0 Å². The van der Waals surface area contributed by atoms with E-state index in [1.165, 1.54) is 6.26 Å². The Morgan fingerprint density at radius 2 is 2.00 bits per heavy atom. The monoisotopic (exact) mass is 430 g/mol. The van der Waals surface area contributed by atoms with Crippen LogP contribution in [0.25, 0.3) is 11.1 Å². The molecule has 0 spiro atoms. The van der Waals surface area contributed by atoms with Crippen molar-refractivity contribution in [1.29, 1.82) is 0 Å². The number of aliphatic carboxylic acids is 1. The summed E-state index contributed by atoms with van der Waals surface area (Å²) in [5.41, 5.74) is 4.50. The number of carbonyl (C=O) groups is 1. The highest BCUT2D eigenvalue weighted by atomic mass is 32.2. The summed E-state index contributed by atoms with van der Waals surface area (Å²) in [5.74, 6) is -0.772. The Bertz CT molecular complexity index is 975. The highest BCUT2D eigenvalue weighted by Crippen LogP contribution is 2.27. The van der Waals surface area contributed by atoms with Crippen molar-refractivity contribution in [1.82, 2.24) is 10.0 Å². The summed E-state index contributed by atoms with van der Waals surface area (Å²) in [5, 5.41) is 12.4. The van der Waals surface area contributed by atoms with Gasteiger partial charge >= 0.3 is 5.97 Å². The van der Waals surface area contributed by atoms with Crippen molar-refractivity contribution < 1.29 is 18.3 Å². The molecule has 1 aliphatic heterocycles. The summed E-state index contributed by atoms with van der Waals surface area (Å²) >= 11 is 0. The minimum atomic E-state index is -3.25. The van der Waals surface area contributed by atoms with E-state index in [4.69, 9.17) is 5.11 Å². The van der Waals surface area contributed by atoms with Gasteiger partial charge in [0.2, 0.25) is 10.0 Å². The first-order valence-electron chi connectivity index (χ1n) is 10.4. The van der Waals surface area contributed by atoms with Gasteiger partial charge in [-0.1, -0.05) is 48.5 Å². The molecule has 0 aliphatic carbocycles. The average molecular weight is 431 g/mol. The van der Waals surface area contributed by atoms with E-state index in [9.17, 15) is 13.2 Å². The van der Waals surface area contributed by atoms with Gasteiger partial charge in [-0.25, -0.2) is 13.1 Å². The Morgan fingerprint density at radius 1 is 1.20 bits per heavy atom. The lowest BCUT2D eigenvalue weighted by Gasteiger charge is -2.33. The Labute approximate surface area is 178 Å². The molecule has 1 aliphatic rings. The molecule has 0 radical (unpaired) electrons. The van der Waals surface area contributed by atoms with Crippen LogP contribution in [0.5, 0.6) is 0 Å². The fourth-order valence-corrected chi connectivity index (χ4v) is 4.99. The predicted molar refractivity (Wildman–Crippen MR) is 119 cm³/mol. The number of hydrogen-bond donors (Lipinski definition) is 3. The number of rotatable bonds is 9. The zero-order chi connectivity index (χ0) is 21.6. The zero-order valence-electron chi connectivity index (χ0n) is 17.3. The second-order valence-corrected chi connectivity index (χ2v) is 9.79. The molecule has 2 aromatic carbocycles. The Kier molecular flexibility index (Phi) is 7.64. The van der Waals surface area contributed by atoms with E-state index in [2.05, 4.69) is 40.4 Å². The maximum Gasteiger partial charge on any atom is 0.303 e. The molecule has 6 nitrogen and oxygen atoms in total. The number of carboxylic acids is 1. The number of benzene rings is 2. The van der Waals surface area contributed by atoms with Gasteiger partial charge in [0.25, 0.3) is 0 Å². The van der Waals surface area contributed by atoms with Crippen LogP contribution in [0.1, 0.15) is 36.8 Å². The topological polar surface area (TPSA) is 95.5 Å². The van der Waals surface area contributed by atoms with E-state index < -0.39 is 16.0 Å². The lowest BCUT2D eigenvalue weighted by Crippen LogP contribution is -2.54. The number of hydrogen-bond acceptors (Lipinski definition) is 4. The van der Waals surface area contributed by atoms with E-state index in [0.717, 1.165) is 54.5 Å². The van der Waals surface area contributed by atoms with E-state index in [-0.39, 0.29) is 18.5 Å². The standard InChI is InChI=1S/C23H30N2O4S/c1-30(28,29)25-21-12-6-14-24-22(21)16-17-7-4-10-19(15-17)20-11-3-2-8-18(20)9-5-13-23(26)27/h2-4,7-8,10-11,15,21-22,24-25H,5-6,9,12-14,16H2,1H3,(H,26,27). The molecular weight excluding hydrogens is 400 g/mol. The van der Waals surface area contributed by atoms with Gasteiger partial charge in [0.05, 0.1) is 6.26 Å². The molecule has 1 saturated heterocycles. The van der Waals surface area contributed by atoms with Gasteiger partial charge in [-0.2, -0.15) is 0 Å². The third-order valence-electron chi connectivity index (χ3n) is 5.50. The van der Waals surface area contributed by atoms with Crippen molar-refractivity contribution in [3.63, 3.8) is 0 Å². The van der Waals surface area contributed by atoms with Crippen molar-refractivity contribution in [3.05, 3.63) is 59.7 Å². The molecular formula is C23H30N2O4S. The molecule has 1 heterocycles. The number of aryl methyl sites for hydroxylation is 1. The fourth-order valence-electron chi connectivity index (χ4n) is 4.15. The molecule has 30 heavy (non-hydrogen) atoms. The van der Waals surface area contributed by atoms with Gasteiger partial charge in [-0.05, 0) is 60.9 Å². The van der Waals surface area contributed by atoms with Crippen LogP contribution in [-0.4, -0.2) is 44.4 Å². The van der Waals surface area contributed by atoms with Crippen LogP contribution in [0, 0.1) is 0 Å². The van der Waals surface area contributed by atoms with Crippen LogP contribution < -0.4 is 10.0 Å². The average Bonchev–Trinajstić information content (AvgIpc) is 2.69. The minimum Gasteiger partial charge on any atom is -0.481 e. The summed E-state index contributed by atoms with van der Waals surface area (Å²) < 4.78 is 26.2. The van der Waals surface area contributed by atoms with Crippen molar-refractivity contribution in [2.75, 3.05) is 12.8 Å². The summed E-state index contributed by atoms with van der Waals surface area (Å²) in [6.07, 6.45) is 5.22. The SMILES string of the molecule is CS(=O)(=O)NC1CCCNC1Cc1cccc(-c2ccccc2CCCC(=O)O)c1. The second-order valence-electron chi connectivity index (χ2n) is 8.01. The Balaban J connectivity index is 1.77. The third-order valence-corrected chi connectivity index (χ3v) is 6.23. The summed E-state index contributed by atoms with van der Waals surface area (Å²) in [6.45, 7) is 0.888. The van der Waals surface area contributed by atoms with Crippen LogP contribution >= 0.6 is 0 Å². The molecule has 1 fully saturated rings. The lowest BCUT2D eigenvalue weighted by molar-refractivity contribution is -0.137. The van der Waals surface area contributed by atoms with Gasteiger partial charge in [-0.3, -0.25) is 4.79 Å². The van der Waals surface area contributed by atoms with Crippen molar-refractivity contribution in [2.24, 2.45) is 0 Å².